The molecule has 0 N–H and O–H groups in total. The Balaban J connectivity index is 1.51. The summed E-state index contributed by atoms with van der Waals surface area (Å²) in [5.74, 6) is 0. The van der Waals surface area contributed by atoms with Gasteiger partial charge in [-0.25, -0.2) is 0 Å². The van der Waals surface area contributed by atoms with E-state index in [0.717, 1.165) is 22.5 Å². The predicted molar refractivity (Wildman–Crippen MR) is 145 cm³/mol. The Hall–Kier alpha value is -4.63. The summed E-state index contributed by atoms with van der Waals surface area (Å²) < 4.78 is 4.46. The van der Waals surface area contributed by atoms with Crippen molar-refractivity contribution in [2.24, 2.45) is 4.99 Å². The Morgan fingerprint density at radius 2 is 1.44 bits per heavy atom. The van der Waals surface area contributed by atoms with E-state index in [-0.39, 0.29) is 0 Å². The van der Waals surface area contributed by atoms with Crippen LogP contribution >= 0.6 is 0 Å². The summed E-state index contributed by atoms with van der Waals surface area (Å²) in [6.07, 6.45) is 7.70. The maximum absolute atomic E-state index is 4.65. The monoisotopic (exact) mass is 437 g/mol. The van der Waals surface area contributed by atoms with Crippen LogP contribution in [0.5, 0.6) is 0 Å². The molecule has 3 nitrogen and oxygen atoms in total. The topological polar surface area (TPSA) is 22.2 Å². The third-order valence-corrected chi connectivity index (χ3v) is 6.23. The van der Waals surface area contributed by atoms with Gasteiger partial charge in [0.2, 0.25) is 0 Å². The molecule has 3 heteroatoms. The molecule has 6 rings (SSSR count). The summed E-state index contributed by atoms with van der Waals surface area (Å²) in [5, 5.41) is 3.71. The summed E-state index contributed by atoms with van der Waals surface area (Å²) in [5.41, 5.74) is 6.59. The van der Waals surface area contributed by atoms with Crippen molar-refractivity contribution in [3.05, 3.63) is 134 Å². The quantitative estimate of drug-likeness (QED) is 0.245. The van der Waals surface area contributed by atoms with E-state index in [1.807, 2.05) is 42.7 Å². The van der Waals surface area contributed by atoms with Crippen molar-refractivity contribution >= 4 is 44.6 Å². The molecular formula is C31H23N3. The molecule has 0 atom stereocenters. The summed E-state index contributed by atoms with van der Waals surface area (Å²) in [4.78, 5) is 4.65. The van der Waals surface area contributed by atoms with Crippen molar-refractivity contribution in [1.29, 1.82) is 0 Å². The second kappa shape index (κ2) is 8.38. The molecule has 0 aliphatic heterocycles. The molecule has 0 spiro atoms. The molecule has 0 aliphatic rings. The van der Waals surface area contributed by atoms with Gasteiger partial charge in [0.1, 0.15) is 0 Å². The second-order valence-corrected chi connectivity index (χ2v) is 8.22. The van der Waals surface area contributed by atoms with Gasteiger partial charge in [-0.05, 0) is 42.5 Å². The molecular weight excluding hydrogens is 414 g/mol. The number of para-hydroxylation sites is 2. The van der Waals surface area contributed by atoms with Gasteiger partial charge in [0, 0.05) is 46.0 Å². The number of benzene rings is 4. The Bertz CT molecular complexity index is 1700. The first kappa shape index (κ1) is 20.0. The number of aromatic nitrogens is 2. The van der Waals surface area contributed by atoms with Gasteiger partial charge in [0.15, 0.2) is 0 Å². The fraction of sp³-hybridized carbons (Fsp3) is 0. The minimum Gasteiger partial charge on any atom is -0.322 e. The average Bonchev–Trinajstić information content (AvgIpc) is 3.44. The zero-order chi connectivity index (χ0) is 22.9. The SMILES string of the molecule is C=CC(=N/C=C/n1ccc2cc3c4ccccc4n(-c4ccccc4)c3cc21)c1ccccc1. The van der Waals surface area contributed by atoms with Crippen LogP contribution in [0.2, 0.25) is 0 Å². The van der Waals surface area contributed by atoms with Crippen LogP contribution in [-0.4, -0.2) is 14.8 Å². The minimum atomic E-state index is 0.847. The van der Waals surface area contributed by atoms with Gasteiger partial charge in [-0.15, -0.1) is 0 Å². The molecule has 0 saturated heterocycles. The van der Waals surface area contributed by atoms with Crippen molar-refractivity contribution in [1.82, 2.24) is 9.13 Å². The maximum atomic E-state index is 4.65. The lowest BCUT2D eigenvalue weighted by molar-refractivity contribution is 1.17. The molecule has 162 valence electrons. The standard InChI is InChI=1S/C31H23N3/c1-2-28(23-11-5-3-6-12-23)32-18-20-33-19-17-24-21-27-26-15-9-10-16-29(26)34(31(27)22-30(24)33)25-13-7-4-8-14-25/h2-22H,1H2/b20-18+,32-28?. The van der Waals surface area contributed by atoms with E-state index in [9.17, 15) is 0 Å². The number of allylic oxidation sites excluding steroid dienone is 1. The fourth-order valence-electron chi connectivity index (χ4n) is 4.64. The average molecular weight is 438 g/mol. The zero-order valence-corrected chi connectivity index (χ0v) is 18.7. The van der Waals surface area contributed by atoms with Gasteiger partial charge in [0.05, 0.1) is 22.3 Å². The molecule has 0 fully saturated rings. The van der Waals surface area contributed by atoms with Crippen molar-refractivity contribution in [2.45, 2.75) is 0 Å². The zero-order valence-electron chi connectivity index (χ0n) is 18.7. The molecule has 4 aromatic carbocycles. The molecule has 0 bridgehead atoms. The van der Waals surface area contributed by atoms with E-state index >= 15 is 0 Å². The molecule has 6 aromatic rings. The summed E-state index contributed by atoms with van der Waals surface area (Å²) >= 11 is 0. The highest BCUT2D eigenvalue weighted by molar-refractivity contribution is 6.13. The highest BCUT2D eigenvalue weighted by atomic mass is 15.0. The number of hydrogen-bond donors (Lipinski definition) is 0. The Morgan fingerprint density at radius 3 is 2.24 bits per heavy atom. The van der Waals surface area contributed by atoms with Crippen molar-refractivity contribution in [2.75, 3.05) is 0 Å². The lowest BCUT2D eigenvalue weighted by Crippen LogP contribution is -1.94. The molecule has 0 unspecified atom stereocenters. The van der Waals surface area contributed by atoms with Crippen LogP contribution in [0.15, 0.2) is 133 Å². The van der Waals surface area contributed by atoms with E-state index in [0.29, 0.717) is 0 Å². The first-order valence-electron chi connectivity index (χ1n) is 11.3. The van der Waals surface area contributed by atoms with Crippen LogP contribution in [0.4, 0.5) is 0 Å². The normalized spacial score (nSPS) is 12.3. The minimum absolute atomic E-state index is 0.847. The van der Waals surface area contributed by atoms with Crippen LogP contribution in [0, 0.1) is 0 Å². The largest absolute Gasteiger partial charge is 0.322 e. The van der Waals surface area contributed by atoms with E-state index in [1.165, 1.54) is 27.2 Å². The number of aliphatic imine (C=N–C) groups is 1. The third-order valence-electron chi connectivity index (χ3n) is 6.23. The Labute approximate surface area is 198 Å². The fourth-order valence-corrected chi connectivity index (χ4v) is 4.64. The van der Waals surface area contributed by atoms with Gasteiger partial charge >= 0.3 is 0 Å². The highest BCUT2D eigenvalue weighted by Gasteiger charge is 2.13. The van der Waals surface area contributed by atoms with Crippen molar-refractivity contribution in [3.63, 3.8) is 0 Å². The molecule has 0 amide bonds. The highest BCUT2D eigenvalue weighted by Crippen LogP contribution is 2.35. The number of hydrogen-bond acceptors (Lipinski definition) is 1. The number of nitrogens with zero attached hydrogens (tertiary/aromatic N) is 3. The summed E-state index contributed by atoms with van der Waals surface area (Å²) in [6, 6.07) is 36.0. The Kier molecular flexibility index (Phi) is 4.93. The molecule has 2 heterocycles. The van der Waals surface area contributed by atoms with Crippen LogP contribution in [-0.2, 0) is 0 Å². The summed E-state index contributed by atoms with van der Waals surface area (Å²) in [7, 11) is 0. The van der Waals surface area contributed by atoms with Gasteiger partial charge < -0.3 is 9.13 Å². The van der Waals surface area contributed by atoms with Crippen LogP contribution in [0.25, 0.3) is 44.6 Å². The molecule has 2 aromatic heterocycles. The van der Waals surface area contributed by atoms with Gasteiger partial charge in [-0.2, -0.15) is 0 Å². The van der Waals surface area contributed by atoms with Crippen LogP contribution in [0.3, 0.4) is 0 Å². The number of fused-ring (bicyclic) bond motifs is 4. The molecule has 34 heavy (non-hydrogen) atoms. The maximum Gasteiger partial charge on any atom is 0.0696 e. The van der Waals surface area contributed by atoms with E-state index < -0.39 is 0 Å². The molecule has 0 radical (unpaired) electrons. The molecule has 0 aliphatic carbocycles. The predicted octanol–water partition coefficient (Wildman–Crippen LogP) is 7.84. The lowest BCUT2D eigenvalue weighted by atomic mass is 10.1. The van der Waals surface area contributed by atoms with Gasteiger partial charge in [-0.3, -0.25) is 4.99 Å². The summed E-state index contributed by atoms with van der Waals surface area (Å²) in [6.45, 7) is 3.92. The van der Waals surface area contributed by atoms with Crippen LogP contribution in [0.1, 0.15) is 5.56 Å². The van der Waals surface area contributed by atoms with Crippen LogP contribution < -0.4 is 0 Å². The smallest absolute Gasteiger partial charge is 0.0696 e. The first-order chi connectivity index (χ1) is 16.8. The van der Waals surface area contributed by atoms with Crippen molar-refractivity contribution in [3.8, 4) is 5.69 Å². The van der Waals surface area contributed by atoms with E-state index in [1.54, 1.807) is 6.08 Å². The lowest BCUT2D eigenvalue weighted by Gasteiger charge is -2.08. The van der Waals surface area contributed by atoms with Gasteiger partial charge in [-0.1, -0.05) is 73.3 Å². The van der Waals surface area contributed by atoms with Crippen molar-refractivity contribution < 1.29 is 0 Å². The molecule has 0 saturated carbocycles. The number of rotatable bonds is 5. The van der Waals surface area contributed by atoms with E-state index in [2.05, 4.69) is 99.7 Å². The first-order valence-corrected chi connectivity index (χ1v) is 11.3. The Morgan fingerprint density at radius 1 is 0.706 bits per heavy atom. The third kappa shape index (κ3) is 3.35. The van der Waals surface area contributed by atoms with Gasteiger partial charge in [0.25, 0.3) is 0 Å². The second-order valence-electron chi connectivity index (χ2n) is 8.22. The van der Waals surface area contributed by atoms with E-state index in [4.69, 9.17) is 0 Å².